The van der Waals surface area contributed by atoms with Crippen LogP contribution in [0.25, 0.3) is 11.4 Å². The van der Waals surface area contributed by atoms with Crippen LogP contribution in [-0.2, 0) is 6.18 Å². The van der Waals surface area contributed by atoms with Crippen molar-refractivity contribution in [2.24, 2.45) is 0 Å². The van der Waals surface area contributed by atoms with E-state index in [0.717, 1.165) is 25.0 Å². The van der Waals surface area contributed by atoms with E-state index in [-0.39, 0.29) is 64.2 Å². The minimum Gasteiger partial charge on any atom is -1.00 e. The second kappa shape index (κ2) is 8.51. The molecule has 0 saturated heterocycles. The molecule has 0 aliphatic heterocycles. The van der Waals surface area contributed by atoms with Crippen LogP contribution in [-0.4, -0.2) is 25.7 Å². The Hall–Kier alpha value is -0.324. The van der Waals surface area contributed by atoms with Crippen molar-refractivity contribution in [1.29, 1.82) is 0 Å². The van der Waals surface area contributed by atoms with E-state index in [1.807, 2.05) is 6.92 Å². The summed E-state index contributed by atoms with van der Waals surface area (Å²) in [7, 11) is 0. The molecule has 1 aromatic heterocycles. The SMILES string of the molecule is CCCCC(O)c1ccc(C(F)(F)F)cc1-c1nn[nH]n1.[H-].[K+]. The quantitative estimate of drug-likeness (QED) is 0.764. The first kappa shape index (κ1) is 19.7. The van der Waals surface area contributed by atoms with Gasteiger partial charge in [-0.1, -0.05) is 25.8 Å². The summed E-state index contributed by atoms with van der Waals surface area (Å²) < 4.78 is 38.5. The zero-order valence-corrected chi connectivity index (χ0v) is 15.5. The zero-order chi connectivity index (χ0) is 15.5. The number of aliphatic hydroxyl groups excluding tert-OH is 1. The van der Waals surface area contributed by atoms with Gasteiger partial charge in [0.15, 0.2) is 0 Å². The number of aromatic nitrogens is 4. The summed E-state index contributed by atoms with van der Waals surface area (Å²) in [6.45, 7) is 1.97. The van der Waals surface area contributed by atoms with Gasteiger partial charge in [0.2, 0.25) is 5.82 Å². The van der Waals surface area contributed by atoms with Crippen molar-refractivity contribution < 1.29 is 71.1 Å². The Bertz CT molecular complexity index is 595. The molecule has 0 amide bonds. The van der Waals surface area contributed by atoms with Crippen molar-refractivity contribution in [2.75, 3.05) is 0 Å². The van der Waals surface area contributed by atoms with E-state index >= 15 is 0 Å². The zero-order valence-electron chi connectivity index (χ0n) is 13.4. The molecule has 0 aliphatic carbocycles. The van der Waals surface area contributed by atoms with Crippen LogP contribution in [0.5, 0.6) is 0 Å². The number of unbranched alkanes of at least 4 members (excludes halogenated alkanes) is 1. The largest absolute Gasteiger partial charge is 1.00 e. The number of nitrogens with one attached hydrogen (secondary N) is 1. The number of benzene rings is 1. The molecule has 2 rings (SSSR count). The van der Waals surface area contributed by atoms with Crippen LogP contribution in [0.2, 0.25) is 0 Å². The maximum atomic E-state index is 12.8. The molecule has 2 N–H and O–H groups in total. The molecule has 0 saturated carbocycles. The van der Waals surface area contributed by atoms with Gasteiger partial charge in [0.1, 0.15) is 0 Å². The maximum absolute atomic E-state index is 12.8. The fraction of sp³-hybridized carbons (Fsp3) is 0.462. The Morgan fingerprint density at radius 3 is 2.64 bits per heavy atom. The fourth-order valence-corrected chi connectivity index (χ4v) is 2.05. The van der Waals surface area contributed by atoms with E-state index in [0.29, 0.717) is 12.0 Å². The molecule has 0 aliphatic rings. The normalized spacial score (nSPS) is 12.8. The van der Waals surface area contributed by atoms with Crippen LogP contribution in [0.3, 0.4) is 0 Å². The molecule has 116 valence electrons. The molecule has 1 heterocycles. The third-order valence-corrected chi connectivity index (χ3v) is 3.16. The van der Waals surface area contributed by atoms with Crippen LogP contribution in [0.4, 0.5) is 13.2 Å². The topological polar surface area (TPSA) is 74.7 Å². The predicted molar refractivity (Wildman–Crippen MR) is 70.2 cm³/mol. The third-order valence-electron chi connectivity index (χ3n) is 3.16. The monoisotopic (exact) mass is 340 g/mol. The number of H-pyrrole nitrogens is 1. The van der Waals surface area contributed by atoms with Crippen molar-refractivity contribution in [2.45, 2.75) is 38.5 Å². The Labute approximate surface area is 169 Å². The number of tetrazole rings is 1. The van der Waals surface area contributed by atoms with Gasteiger partial charge in [-0.2, -0.15) is 18.4 Å². The van der Waals surface area contributed by atoms with Gasteiger partial charge in [-0.05, 0) is 29.3 Å². The van der Waals surface area contributed by atoms with Crippen LogP contribution < -0.4 is 51.4 Å². The van der Waals surface area contributed by atoms with Crippen LogP contribution >= 0.6 is 0 Å². The molecule has 9 heteroatoms. The summed E-state index contributed by atoms with van der Waals surface area (Å²) in [6, 6.07) is 3.16. The number of alkyl halides is 3. The molecule has 1 atom stereocenters. The van der Waals surface area contributed by atoms with E-state index in [1.165, 1.54) is 6.07 Å². The Balaban J connectivity index is 0.00000242. The summed E-state index contributed by atoms with van der Waals surface area (Å²) in [5.41, 5.74) is -0.297. The first-order valence-electron chi connectivity index (χ1n) is 6.56. The first-order chi connectivity index (χ1) is 9.93. The molecule has 5 nitrogen and oxygen atoms in total. The average Bonchev–Trinajstić information content (AvgIpc) is 2.97. The molecule has 0 radical (unpaired) electrons. The van der Waals surface area contributed by atoms with Crippen molar-refractivity contribution >= 4 is 0 Å². The van der Waals surface area contributed by atoms with Crippen molar-refractivity contribution in [3.63, 3.8) is 0 Å². The molecule has 2 aromatic rings. The van der Waals surface area contributed by atoms with E-state index in [9.17, 15) is 18.3 Å². The third kappa shape index (κ3) is 4.83. The van der Waals surface area contributed by atoms with Gasteiger partial charge in [-0.25, -0.2) is 0 Å². The van der Waals surface area contributed by atoms with Gasteiger partial charge in [-0.15, -0.1) is 10.2 Å². The molecular formula is C13H16F3KN4O. The number of hydrogen-bond donors (Lipinski definition) is 2. The van der Waals surface area contributed by atoms with Gasteiger partial charge in [0, 0.05) is 5.56 Å². The van der Waals surface area contributed by atoms with Crippen LogP contribution in [0.15, 0.2) is 18.2 Å². The molecule has 0 spiro atoms. The summed E-state index contributed by atoms with van der Waals surface area (Å²) >= 11 is 0. The van der Waals surface area contributed by atoms with Gasteiger partial charge in [0.25, 0.3) is 0 Å². The maximum Gasteiger partial charge on any atom is 1.00 e. The van der Waals surface area contributed by atoms with E-state index in [1.54, 1.807) is 0 Å². The van der Waals surface area contributed by atoms with Gasteiger partial charge >= 0.3 is 57.6 Å². The van der Waals surface area contributed by atoms with Crippen LogP contribution in [0, 0.1) is 0 Å². The van der Waals surface area contributed by atoms with Gasteiger partial charge < -0.3 is 6.53 Å². The van der Waals surface area contributed by atoms with E-state index < -0.39 is 17.8 Å². The Morgan fingerprint density at radius 1 is 1.36 bits per heavy atom. The molecule has 1 aromatic carbocycles. The first-order valence-corrected chi connectivity index (χ1v) is 6.56. The predicted octanol–water partition coefficient (Wildman–Crippen LogP) is 0.226. The summed E-state index contributed by atoms with van der Waals surface area (Å²) in [5, 5.41) is 23.1. The van der Waals surface area contributed by atoms with E-state index in [4.69, 9.17) is 0 Å². The number of aliphatic hydroxyl groups is 1. The molecule has 0 bridgehead atoms. The smallest absolute Gasteiger partial charge is 1.00 e. The minimum absolute atomic E-state index is 0. The standard InChI is InChI=1S/C13H15F3N4O.K.H/c1-2-3-4-11(21)9-6-5-8(13(14,15)16)7-10(9)12-17-19-20-18-12;;/h5-7,11,21H,2-4H2,1H3,(H,17,18,19,20);;/q;+1;-1. The number of rotatable bonds is 5. The van der Waals surface area contributed by atoms with Crippen LogP contribution in [0.1, 0.15) is 44.8 Å². The fourth-order valence-electron chi connectivity index (χ4n) is 2.05. The van der Waals surface area contributed by atoms with Gasteiger partial charge in [-0.3, -0.25) is 0 Å². The summed E-state index contributed by atoms with van der Waals surface area (Å²) in [6.07, 6.45) is -3.21. The Kier molecular flexibility index (Phi) is 7.63. The number of halogens is 3. The van der Waals surface area contributed by atoms with E-state index in [2.05, 4.69) is 20.6 Å². The number of hydrogen-bond acceptors (Lipinski definition) is 4. The molecular weight excluding hydrogens is 324 g/mol. The minimum atomic E-state index is -4.47. The van der Waals surface area contributed by atoms with Crippen molar-refractivity contribution in [3.05, 3.63) is 29.3 Å². The number of nitrogens with zero attached hydrogens (tertiary/aromatic N) is 3. The van der Waals surface area contributed by atoms with Crippen molar-refractivity contribution in [1.82, 2.24) is 20.6 Å². The van der Waals surface area contributed by atoms with Crippen molar-refractivity contribution in [3.8, 4) is 11.4 Å². The second-order valence-corrected chi connectivity index (χ2v) is 4.69. The second-order valence-electron chi connectivity index (χ2n) is 4.69. The summed E-state index contributed by atoms with van der Waals surface area (Å²) in [4.78, 5) is 0. The molecule has 22 heavy (non-hydrogen) atoms. The summed E-state index contributed by atoms with van der Waals surface area (Å²) in [5.74, 6) is 0.0339. The Morgan fingerprint density at radius 2 is 2.09 bits per heavy atom. The molecule has 0 fully saturated rings. The number of aromatic amines is 1. The van der Waals surface area contributed by atoms with Gasteiger partial charge in [0.05, 0.1) is 11.7 Å². The molecule has 1 unspecified atom stereocenters. The average molecular weight is 340 g/mol.